The molecular formula is C28H33N7O3. The monoisotopic (exact) mass is 515 g/mol. The van der Waals surface area contributed by atoms with Crippen LogP contribution in [-0.2, 0) is 15.9 Å². The van der Waals surface area contributed by atoms with E-state index in [-0.39, 0.29) is 5.91 Å². The zero-order valence-electron chi connectivity index (χ0n) is 21.5. The number of nitrogens with one attached hydrogen (secondary N) is 1. The first-order valence-corrected chi connectivity index (χ1v) is 13.4. The smallest absolute Gasteiger partial charge is 0.251 e. The Labute approximate surface area is 222 Å². The number of hydrogen-bond donors (Lipinski definition) is 1. The summed E-state index contributed by atoms with van der Waals surface area (Å²) in [5, 5.41) is 3.08. The first-order valence-electron chi connectivity index (χ1n) is 13.4. The van der Waals surface area contributed by atoms with Gasteiger partial charge in [0.2, 0.25) is 5.95 Å². The van der Waals surface area contributed by atoms with Gasteiger partial charge in [-0.25, -0.2) is 4.98 Å². The van der Waals surface area contributed by atoms with Gasteiger partial charge in [0, 0.05) is 80.6 Å². The highest BCUT2D eigenvalue weighted by Crippen LogP contribution is 2.39. The number of nitrogens with zero attached hydrogens (tertiary/aromatic N) is 6. The van der Waals surface area contributed by atoms with Crippen LogP contribution in [0, 0.1) is 0 Å². The molecule has 2 saturated heterocycles. The van der Waals surface area contributed by atoms with Crippen molar-refractivity contribution < 1.29 is 14.3 Å². The molecule has 2 fully saturated rings. The predicted molar refractivity (Wildman–Crippen MR) is 145 cm³/mol. The SMILES string of the molecule is O=C(NCCN1CCOCC1)c1cccc(-c2nc(N3CCOCC3)nc3c2CCN3c2ccncc2)c1. The summed E-state index contributed by atoms with van der Waals surface area (Å²) < 4.78 is 11.0. The molecule has 1 N–H and O–H groups in total. The summed E-state index contributed by atoms with van der Waals surface area (Å²) in [5.41, 5.74) is 4.61. The Kier molecular flexibility index (Phi) is 7.43. The van der Waals surface area contributed by atoms with Crippen LogP contribution in [0.3, 0.4) is 0 Å². The van der Waals surface area contributed by atoms with Crippen molar-refractivity contribution in [1.29, 1.82) is 0 Å². The molecule has 10 nitrogen and oxygen atoms in total. The van der Waals surface area contributed by atoms with Crippen molar-refractivity contribution in [3.05, 3.63) is 59.9 Å². The first-order chi connectivity index (χ1) is 18.8. The largest absolute Gasteiger partial charge is 0.379 e. The van der Waals surface area contributed by atoms with Gasteiger partial charge in [0.05, 0.1) is 32.1 Å². The van der Waals surface area contributed by atoms with E-state index in [0.717, 1.165) is 87.2 Å². The van der Waals surface area contributed by atoms with Gasteiger partial charge < -0.3 is 24.6 Å². The summed E-state index contributed by atoms with van der Waals surface area (Å²) in [7, 11) is 0. The van der Waals surface area contributed by atoms with E-state index in [1.54, 1.807) is 12.4 Å². The Hall–Kier alpha value is -3.60. The number of carbonyl (C=O) groups is 1. The van der Waals surface area contributed by atoms with Gasteiger partial charge in [-0.1, -0.05) is 12.1 Å². The number of amides is 1. The number of pyridine rings is 1. The number of ether oxygens (including phenoxy) is 2. The lowest BCUT2D eigenvalue weighted by molar-refractivity contribution is 0.0383. The van der Waals surface area contributed by atoms with E-state index in [0.29, 0.717) is 31.3 Å². The molecule has 6 rings (SSSR count). The summed E-state index contributed by atoms with van der Waals surface area (Å²) in [6.45, 7) is 8.38. The average molecular weight is 516 g/mol. The molecule has 10 heteroatoms. The quantitative estimate of drug-likeness (QED) is 0.508. The normalized spacial score (nSPS) is 17.9. The topological polar surface area (TPSA) is 96.0 Å². The minimum Gasteiger partial charge on any atom is -0.379 e. The van der Waals surface area contributed by atoms with Crippen LogP contribution in [0.4, 0.5) is 17.5 Å². The third-order valence-corrected chi connectivity index (χ3v) is 7.30. The van der Waals surface area contributed by atoms with E-state index in [9.17, 15) is 4.79 Å². The molecular weight excluding hydrogens is 482 g/mol. The van der Waals surface area contributed by atoms with Crippen molar-refractivity contribution in [1.82, 2.24) is 25.2 Å². The maximum Gasteiger partial charge on any atom is 0.251 e. The Morgan fingerprint density at radius 2 is 1.68 bits per heavy atom. The fourth-order valence-corrected chi connectivity index (χ4v) is 5.22. The molecule has 38 heavy (non-hydrogen) atoms. The standard InChI is InChI=1S/C28H33N7O3/c36-27(30-9-11-33-12-16-37-17-13-33)22-3-1-2-21(20-22)25-24-6-10-35(23-4-7-29-8-5-23)26(24)32-28(31-25)34-14-18-38-19-15-34/h1-5,7-8,20H,6,9-19H2,(H,30,36). The number of morpholine rings is 2. The van der Waals surface area contributed by atoms with Crippen molar-refractivity contribution in [2.45, 2.75) is 6.42 Å². The van der Waals surface area contributed by atoms with Crippen LogP contribution < -0.4 is 15.1 Å². The van der Waals surface area contributed by atoms with Crippen LogP contribution in [0.2, 0.25) is 0 Å². The number of carbonyl (C=O) groups excluding carboxylic acids is 1. The van der Waals surface area contributed by atoms with Crippen molar-refractivity contribution in [3.63, 3.8) is 0 Å². The van der Waals surface area contributed by atoms with Crippen LogP contribution in [0.5, 0.6) is 0 Å². The molecule has 2 aromatic heterocycles. The maximum atomic E-state index is 13.0. The fraction of sp³-hybridized carbons (Fsp3) is 0.429. The average Bonchev–Trinajstić information content (AvgIpc) is 3.42. The molecule has 0 atom stereocenters. The molecule has 3 aliphatic heterocycles. The number of hydrogen-bond acceptors (Lipinski definition) is 9. The maximum absolute atomic E-state index is 13.0. The second-order valence-corrected chi connectivity index (χ2v) is 9.67. The van der Waals surface area contributed by atoms with E-state index < -0.39 is 0 Å². The van der Waals surface area contributed by atoms with Crippen LogP contribution in [0.25, 0.3) is 11.3 Å². The third-order valence-electron chi connectivity index (χ3n) is 7.30. The minimum atomic E-state index is -0.0716. The zero-order valence-corrected chi connectivity index (χ0v) is 21.5. The van der Waals surface area contributed by atoms with Gasteiger partial charge in [-0.3, -0.25) is 14.7 Å². The van der Waals surface area contributed by atoms with Crippen molar-refractivity contribution in [2.24, 2.45) is 0 Å². The fourth-order valence-electron chi connectivity index (χ4n) is 5.22. The third kappa shape index (κ3) is 5.33. The summed E-state index contributed by atoms with van der Waals surface area (Å²) >= 11 is 0. The zero-order chi connectivity index (χ0) is 25.7. The van der Waals surface area contributed by atoms with Gasteiger partial charge in [-0.2, -0.15) is 4.98 Å². The van der Waals surface area contributed by atoms with Gasteiger partial charge in [-0.05, 0) is 30.7 Å². The Morgan fingerprint density at radius 1 is 0.921 bits per heavy atom. The van der Waals surface area contributed by atoms with E-state index >= 15 is 0 Å². The molecule has 3 aliphatic rings. The van der Waals surface area contributed by atoms with Crippen molar-refractivity contribution in [3.8, 4) is 11.3 Å². The van der Waals surface area contributed by atoms with Gasteiger partial charge in [0.25, 0.3) is 5.91 Å². The number of rotatable bonds is 7. The minimum absolute atomic E-state index is 0.0716. The molecule has 0 radical (unpaired) electrons. The number of fused-ring (bicyclic) bond motifs is 1. The highest BCUT2D eigenvalue weighted by Gasteiger charge is 2.29. The molecule has 3 aromatic rings. The molecule has 0 aliphatic carbocycles. The number of aromatic nitrogens is 3. The van der Waals surface area contributed by atoms with Gasteiger partial charge in [0.1, 0.15) is 5.82 Å². The van der Waals surface area contributed by atoms with Crippen LogP contribution >= 0.6 is 0 Å². The van der Waals surface area contributed by atoms with Gasteiger partial charge in [0.15, 0.2) is 0 Å². The van der Waals surface area contributed by atoms with E-state index in [2.05, 4.69) is 25.0 Å². The van der Waals surface area contributed by atoms with Gasteiger partial charge >= 0.3 is 0 Å². The second-order valence-electron chi connectivity index (χ2n) is 9.67. The molecule has 5 heterocycles. The summed E-state index contributed by atoms with van der Waals surface area (Å²) in [6, 6.07) is 11.8. The lowest BCUT2D eigenvalue weighted by atomic mass is 10.0. The van der Waals surface area contributed by atoms with E-state index in [1.807, 2.05) is 36.4 Å². The van der Waals surface area contributed by atoms with Crippen LogP contribution in [0.1, 0.15) is 15.9 Å². The summed E-state index contributed by atoms with van der Waals surface area (Å²) in [5.74, 6) is 1.55. The number of anilines is 3. The van der Waals surface area contributed by atoms with Crippen LogP contribution in [-0.4, -0.2) is 98.0 Å². The van der Waals surface area contributed by atoms with E-state index in [1.165, 1.54) is 0 Å². The lowest BCUT2D eigenvalue weighted by Crippen LogP contribution is -2.41. The molecule has 0 spiro atoms. The summed E-state index contributed by atoms with van der Waals surface area (Å²) in [6.07, 6.45) is 4.44. The Balaban J connectivity index is 1.28. The molecule has 0 unspecified atom stereocenters. The first kappa shape index (κ1) is 24.7. The Morgan fingerprint density at radius 3 is 2.47 bits per heavy atom. The molecule has 1 amide bonds. The van der Waals surface area contributed by atoms with Crippen molar-refractivity contribution in [2.75, 3.05) is 82.0 Å². The lowest BCUT2D eigenvalue weighted by Gasteiger charge is -2.28. The Bertz CT molecular complexity index is 1260. The second kappa shape index (κ2) is 11.4. The molecule has 1 aromatic carbocycles. The molecule has 0 bridgehead atoms. The number of benzene rings is 1. The van der Waals surface area contributed by atoms with Gasteiger partial charge in [-0.15, -0.1) is 0 Å². The van der Waals surface area contributed by atoms with E-state index in [4.69, 9.17) is 19.4 Å². The predicted octanol–water partition coefficient (Wildman–Crippen LogP) is 2.13. The summed E-state index contributed by atoms with van der Waals surface area (Å²) in [4.78, 5) is 34.0. The molecule has 0 saturated carbocycles. The molecule has 198 valence electrons. The highest BCUT2D eigenvalue weighted by molar-refractivity contribution is 5.95. The van der Waals surface area contributed by atoms with Crippen molar-refractivity contribution >= 4 is 23.4 Å². The highest BCUT2D eigenvalue weighted by atomic mass is 16.5. The van der Waals surface area contributed by atoms with Crippen LogP contribution in [0.15, 0.2) is 48.8 Å².